The number of esters is 1. The summed E-state index contributed by atoms with van der Waals surface area (Å²) in [4.78, 5) is 27.2. The first-order valence-electron chi connectivity index (χ1n) is 11.1. The first kappa shape index (κ1) is 20.0. The number of nitrogens with zero attached hydrogens (tertiary/aromatic N) is 1. The molecule has 2 aliphatic heterocycles. The Morgan fingerprint density at radius 1 is 1.16 bits per heavy atom. The molecule has 2 heterocycles. The molecular weight excluding hydrogens is 390 g/mol. The van der Waals surface area contributed by atoms with E-state index in [1.165, 1.54) is 5.56 Å². The number of hydrogen-bond acceptors (Lipinski definition) is 5. The molecule has 0 radical (unpaired) electrons. The summed E-state index contributed by atoms with van der Waals surface area (Å²) in [6, 6.07) is 14.4. The van der Waals surface area contributed by atoms with E-state index in [1.807, 2.05) is 31.2 Å². The van der Waals surface area contributed by atoms with Crippen molar-refractivity contribution in [1.82, 2.24) is 4.90 Å². The number of ketones is 1. The maximum Gasteiger partial charge on any atom is 0.310 e. The van der Waals surface area contributed by atoms with E-state index in [1.54, 1.807) is 0 Å². The summed E-state index contributed by atoms with van der Waals surface area (Å²) in [7, 11) is 0. The van der Waals surface area contributed by atoms with Crippen LogP contribution >= 0.6 is 0 Å². The van der Waals surface area contributed by atoms with Crippen molar-refractivity contribution in [2.24, 2.45) is 5.92 Å². The molecule has 2 aromatic carbocycles. The molecule has 1 unspecified atom stereocenters. The van der Waals surface area contributed by atoms with Crippen LogP contribution in [0.25, 0.3) is 11.3 Å². The summed E-state index contributed by atoms with van der Waals surface area (Å²) in [5, 5.41) is 0. The highest BCUT2D eigenvalue weighted by atomic mass is 16.5. The molecule has 0 aromatic heterocycles. The molecule has 1 aliphatic carbocycles. The van der Waals surface area contributed by atoms with Crippen molar-refractivity contribution < 1.29 is 19.1 Å². The molecule has 0 N–H and O–H groups in total. The summed E-state index contributed by atoms with van der Waals surface area (Å²) in [5.41, 5.74) is 6.14. The number of benzene rings is 2. The van der Waals surface area contributed by atoms with Crippen molar-refractivity contribution in [3.8, 4) is 0 Å². The number of allylic oxidation sites excluding steroid dienone is 1. The molecule has 0 saturated carbocycles. The predicted molar refractivity (Wildman–Crippen MR) is 118 cm³/mol. The van der Waals surface area contributed by atoms with E-state index in [0.29, 0.717) is 19.6 Å². The smallest absolute Gasteiger partial charge is 0.310 e. The van der Waals surface area contributed by atoms with Gasteiger partial charge in [-0.1, -0.05) is 42.5 Å². The number of rotatable bonds is 4. The van der Waals surface area contributed by atoms with Gasteiger partial charge in [0.25, 0.3) is 0 Å². The van der Waals surface area contributed by atoms with Gasteiger partial charge in [-0.25, -0.2) is 0 Å². The molecule has 1 saturated heterocycles. The molecule has 31 heavy (non-hydrogen) atoms. The highest BCUT2D eigenvalue weighted by molar-refractivity contribution is 6.31. The molecule has 3 aliphatic rings. The van der Waals surface area contributed by atoms with E-state index in [2.05, 4.69) is 23.1 Å². The van der Waals surface area contributed by atoms with Crippen LogP contribution in [0.15, 0.2) is 42.5 Å². The van der Waals surface area contributed by atoms with Crippen LogP contribution in [0.4, 0.5) is 0 Å². The van der Waals surface area contributed by atoms with E-state index in [-0.39, 0.29) is 17.7 Å². The molecule has 0 bridgehead atoms. The molecular formula is C26H27NO4. The van der Waals surface area contributed by atoms with Crippen LogP contribution in [0.1, 0.15) is 47.6 Å². The zero-order valence-electron chi connectivity index (χ0n) is 17.9. The maximum atomic E-state index is 12.7. The Balaban J connectivity index is 1.36. The number of likely N-dealkylation sites (tertiary alicyclic amines) is 1. The summed E-state index contributed by atoms with van der Waals surface area (Å²) < 4.78 is 11.3. The Kier molecular flexibility index (Phi) is 5.36. The van der Waals surface area contributed by atoms with Gasteiger partial charge in [0.2, 0.25) is 0 Å². The number of carbonyl (C=O) groups is 2. The molecule has 5 rings (SSSR count). The molecule has 0 spiro atoms. The third kappa shape index (κ3) is 3.79. The van der Waals surface area contributed by atoms with Crippen molar-refractivity contribution in [3.05, 3.63) is 70.3 Å². The van der Waals surface area contributed by atoms with Crippen molar-refractivity contribution in [2.75, 3.05) is 19.7 Å². The second-order valence-corrected chi connectivity index (χ2v) is 8.57. The summed E-state index contributed by atoms with van der Waals surface area (Å²) in [5.74, 6) is 0.742. The Bertz CT molecular complexity index is 1070. The highest BCUT2D eigenvalue weighted by Gasteiger charge is 2.32. The lowest BCUT2D eigenvalue weighted by Gasteiger charge is -2.31. The van der Waals surface area contributed by atoms with Gasteiger partial charge in [0.15, 0.2) is 5.78 Å². The van der Waals surface area contributed by atoms with Gasteiger partial charge in [0.05, 0.1) is 18.1 Å². The van der Waals surface area contributed by atoms with Crippen LogP contribution in [-0.4, -0.2) is 36.3 Å². The van der Waals surface area contributed by atoms with Crippen LogP contribution in [0.5, 0.6) is 0 Å². The molecule has 1 atom stereocenters. The van der Waals surface area contributed by atoms with E-state index >= 15 is 0 Å². The minimum atomic E-state index is -0.0765. The van der Waals surface area contributed by atoms with Gasteiger partial charge in [-0.15, -0.1) is 0 Å². The van der Waals surface area contributed by atoms with Crippen LogP contribution in [0.3, 0.4) is 0 Å². The highest BCUT2D eigenvalue weighted by Crippen LogP contribution is 2.41. The fourth-order valence-corrected chi connectivity index (χ4v) is 5.01. The van der Waals surface area contributed by atoms with E-state index in [0.717, 1.165) is 66.1 Å². The molecule has 0 amide bonds. The Hall–Kier alpha value is -2.92. The van der Waals surface area contributed by atoms with Crippen molar-refractivity contribution in [2.45, 2.75) is 39.3 Å². The van der Waals surface area contributed by atoms with Crippen LogP contribution in [-0.2, 0) is 38.6 Å². The van der Waals surface area contributed by atoms with Gasteiger partial charge in [-0.3, -0.25) is 14.5 Å². The van der Waals surface area contributed by atoms with Gasteiger partial charge in [-0.2, -0.15) is 0 Å². The topological polar surface area (TPSA) is 55.8 Å². The first-order valence-corrected chi connectivity index (χ1v) is 11.1. The fraction of sp³-hybridized carbons (Fsp3) is 0.385. The third-order valence-electron chi connectivity index (χ3n) is 6.46. The molecule has 1 fully saturated rings. The lowest BCUT2D eigenvalue weighted by atomic mass is 9.96. The van der Waals surface area contributed by atoms with Gasteiger partial charge >= 0.3 is 5.97 Å². The molecule has 2 aromatic rings. The average molecular weight is 418 g/mol. The van der Waals surface area contributed by atoms with Gasteiger partial charge in [0.1, 0.15) is 12.4 Å². The normalized spacial score (nSPS) is 22.7. The molecule has 5 nitrogen and oxygen atoms in total. The summed E-state index contributed by atoms with van der Waals surface area (Å²) in [6.45, 7) is 5.31. The second kappa shape index (κ2) is 8.31. The van der Waals surface area contributed by atoms with Crippen LogP contribution in [0, 0.1) is 5.92 Å². The van der Waals surface area contributed by atoms with E-state index in [4.69, 9.17) is 9.47 Å². The van der Waals surface area contributed by atoms with Crippen LogP contribution in [0.2, 0.25) is 0 Å². The Labute approximate surface area is 182 Å². The maximum absolute atomic E-state index is 12.7. The SMILES string of the molecule is CCOC(=O)C1CCCN(Cc2ccc3c(c2)CO/C3=C2/C(=O)Cc3ccccc32)C1. The predicted octanol–water partition coefficient (Wildman–Crippen LogP) is 3.99. The molecule has 5 heteroatoms. The average Bonchev–Trinajstić information content (AvgIpc) is 3.33. The number of piperidine rings is 1. The number of ether oxygens (including phenoxy) is 2. The number of Topliss-reactive ketones (excluding diaryl/α,β-unsaturated/α-hetero) is 1. The first-order chi connectivity index (χ1) is 15.1. The monoisotopic (exact) mass is 417 g/mol. The number of fused-ring (bicyclic) bond motifs is 2. The fourth-order valence-electron chi connectivity index (χ4n) is 5.01. The minimum absolute atomic E-state index is 0.0313. The van der Waals surface area contributed by atoms with Crippen molar-refractivity contribution in [3.63, 3.8) is 0 Å². The Morgan fingerprint density at radius 3 is 2.90 bits per heavy atom. The second-order valence-electron chi connectivity index (χ2n) is 8.57. The lowest BCUT2D eigenvalue weighted by Crippen LogP contribution is -2.38. The third-order valence-corrected chi connectivity index (χ3v) is 6.46. The molecule has 160 valence electrons. The largest absolute Gasteiger partial charge is 0.487 e. The quantitative estimate of drug-likeness (QED) is 0.556. The van der Waals surface area contributed by atoms with Gasteiger partial charge in [0, 0.05) is 30.6 Å². The number of hydrogen-bond donors (Lipinski definition) is 0. The van der Waals surface area contributed by atoms with Gasteiger partial charge < -0.3 is 9.47 Å². The van der Waals surface area contributed by atoms with Gasteiger partial charge in [-0.05, 0) is 43.0 Å². The van der Waals surface area contributed by atoms with Crippen molar-refractivity contribution in [1.29, 1.82) is 0 Å². The van der Waals surface area contributed by atoms with Crippen molar-refractivity contribution >= 4 is 23.1 Å². The standard InChI is InChI=1S/C26H27NO4/c1-2-30-26(29)19-7-5-11-27(15-19)14-17-9-10-22-20(12-17)16-31-25(22)24-21-8-4-3-6-18(21)13-23(24)28/h3-4,6,8-10,12,19H,2,5,7,11,13-16H2,1H3/b25-24+. The van der Waals surface area contributed by atoms with E-state index in [9.17, 15) is 9.59 Å². The Morgan fingerprint density at radius 2 is 2.03 bits per heavy atom. The van der Waals surface area contributed by atoms with Crippen LogP contribution < -0.4 is 0 Å². The minimum Gasteiger partial charge on any atom is -0.487 e. The number of carbonyl (C=O) groups excluding carboxylic acids is 2. The zero-order valence-corrected chi connectivity index (χ0v) is 17.9. The zero-order chi connectivity index (χ0) is 21.4. The lowest BCUT2D eigenvalue weighted by molar-refractivity contribution is -0.150. The van der Waals surface area contributed by atoms with E-state index < -0.39 is 0 Å². The summed E-state index contributed by atoms with van der Waals surface area (Å²) >= 11 is 0. The summed E-state index contributed by atoms with van der Waals surface area (Å²) in [6.07, 6.45) is 2.36.